The Hall–Kier alpha value is -1.10. The number of nitrogens with one attached hydrogen (secondary N) is 1. The van der Waals surface area contributed by atoms with Crippen LogP contribution in [0.1, 0.15) is 25.0 Å². The Morgan fingerprint density at radius 3 is 2.50 bits per heavy atom. The molecule has 1 rings (SSSR count). The molecule has 5 heteroatoms. The maximum Gasteiger partial charge on any atom is 0.238 e. The van der Waals surface area contributed by atoms with Gasteiger partial charge in [-0.2, -0.15) is 0 Å². The minimum Gasteiger partial charge on any atom is -0.394 e. The van der Waals surface area contributed by atoms with Crippen molar-refractivity contribution in [2.24, 2.45) is 0 Å². The second-order valence-electron chi connectivity index (χ2n) is 5.81. The van der Waals surface area contributed by atoms with Crippen LogP contribution < -0.4 is 5.32 Å². The fourth-order valence-corrected chi connectivity index (χ4v) is 2.17. The van der Waals surface area contributed by atoms with E-state index in [4.69, 9.17) is 11.6 Å². The summed E-state index contributed by atoms with van der Waals surface area (Å²) < 4.78 is 0. The van der Waals surface area contributed by atoms with Gasteiger partial charge in [-0.15, -0.1) is 0 Å². The molecule has 0 radical (unpaired) electrons. The van der Waals surface area contributed by atoms with Crippen LogP contribution in [0.15, 0.2) is 12.1 Å². The first-order valence-corrected chi connectivity index (χ1v) is 6.94. The predicted molar refractivity (Wildman–Crippen MR) is 83.4 cm³/mol. The Kier molecular flexibility index (Phi) is 5.57. The van der Waals surface area contributed by atoms with Gasteiger partial charge in [0.25, 0.3) is 0 Å². The van der Waals surface area contributed by atoms with Gasteiger partial charge in [0.2, 0.25) is 5.91 Å². The molecule has 0 aliphatic rings. The van der Waals surface area contributed by atoms with Gasteiger partial charge in [0.05, 0.1) is 23.9 Å². The van der Waals surface area contributed by atoms with E-state index in [-0.39, 0.29) is 19.1 Å². The zero-order valence-corrected chi connectivity index (χ0v) is 13.5. The normalized spacial score (nSPS) is 11.8. The summed E-state index contributed by atoms with van der Waals surface area (Å²) >= 11 is 6.16. The van der Waals surface area contributed by atoms with Crippen LogP contribution >= 0.6 is 11.6 Å². The highest BCUT2D eigenvalue weighted by Crippen LogP contribution is 2.27. The topological polar surface area (TPSA) is 52.6 Å². The number of aliphatic hydroxyl groups is 1. The lowest BCUT2D eigenvalue weighted by Gasteiger charge is -2.33. The first-order chi connectivity index (χ1) is 9.17. The highest BCUT2D eigenvalue weighted by atomic mass is 35.5. The van der Waals surface area contributed by atoms with Crippen molar-refractivity contribution in [3.05, 3.63) is 28.3 Å². The van der Waals surface area contributed by atoms with Crippen molar-refractivity contribution in [3.63, 3.8) is 0 Å². The second-order valence-corrected chi connectivity index (χ2v) is 6.22. The van der Waals surface area contributed by atoms with Crippen LogP contribution in [0.2, 0.25) is 5.02 Å². The van der Waals surface area contributed by atoms with Gasteiger partial charge in [-0.25, -0.2) is 0 Å². The fourth-order valence-electron chi connectivity index (χ4n) is 1.80. The van der Waals surface area contributed by atoms with E-state index in [1.165, 1.54) is 0 Å². The number of carbonyl (C=O) groups excluding carboxylic acids is 1. The fraction of sp³-hybridized carbons (Fsp3) is 0.533. The molecule has 0 atom stereocenters. The summed E-state index contributed by atoms with van der Waals surface area (Å²) in [6.07, 6.45) is 0. The van der Waals surface area contributed by atoms with Crippen LogP contribution in [0.25, 0.3) is 0 Å². The van der Waals surface area contributed by atoms with Crippen LogP contribution in [0.5, 0.6) is 0 Å². The number of aliphatic hydroxyl groups excluding tert-OH is 1. The van der Waals surface area contributed by atoms with Gasteiger partial charge >= 0.3 is 0 Å². The third-order valence-corrected chi connectivity index (χ3v) is 3.80. The van der Waals surface area contributed by atoms with Crippen molar-refractivity contribution in [1.29, 1.82) is 0 Å². The van der Waals surface area contributed by atoms with Crippen molar-refractivity contribution in [2.75, 3.05) is 25.5 Å². The van der Waals surface area contributed by atoms with Gasteiger partial charge in [-0.3, -0.25) is 9.69 Å². The quantitative estimate of drug-likeness (QED) is 0.878. The standard InChI is InChI=1S/C15H23ClN2O2/c1-10-6-11(2)14(12(16)7-10)17-13(20)8-18(5)15(3,4)9-19/h6-7,19H,8-9H2,1-5H3,(H,17,20). The molecule has 0 unspecified atom stereocenters. The number of hydrogen-bond acceptors (Lipinski definition) is 3. The van der Waals surface area contributed by atoms with E-state index < -0.39 is 5.54 Å². The molecule has 1 aromatic carbocycles. The molecule has 0 spiro atoms. The summed E-state index contributed by atoms with van der Waals surface area (Å²) in [5.41, 5.74) is 2.21. The van der Waals surface area contributed by atoms with Crippen LogP contribution in [0, 0.1) is 13.8 Å². The van der Waals surface area contributed by atoms with Crippen molar-refractivity contribution in [3.8, 4) is 0 Å². The molecule has 1 aromatic rings. The first kappa shape index (κ1) is 17.0. The van der Waals surface area contributed by atoms with E-state index in [9.17, 15) is 9.90 Å². The van der Waals surface area contributed by atoms with Crippen LogP contribution in [-0.4, -0.2) is 41.7 Å². The van der Waals surface area contributed by atoms with E-state index >= 15 is 0 Å². The number of aryl methyl sites for hydroxylation is 2. The zero-order valence-electron chi connectivity index (χ0n) is 12.7. The summed E-state index contributed by atoms with van der Waals surface area (Å²) in [6, 6.07) is 3.80. The van der Waals surface area contributed by atoms with Crippen molar-refractivity contribution in [1.82, 2.24) is 4.90 Å². The summed E-state index contributed by atoms with van der Waals surface area (Å²) in [5.74, 6) is -0.150. The number of likely N-dealkylation sites (N-methyl/N-ethyl adjacent to an activating group) is 1. The minimum atomic E-state index is -0.441. The third kappa shape index (κ3) is 4.20. The monoisotopic (exact) mass is 298 g/mol. The maximum absolute atomic E-state index is 12.1. The number of amides is 1. The Morgan fingerprint density at radius 1 is 1.40 bits per heavy atom. The molecule has 1 amide bonds. The van der Waals surface area contributed by atoms with E-state index in [0.717, 1.165) is 11.1 Å². The second kappa shape index (κ2) is 6.57. The first-order valence-electron chi connectivity index (χ1n) is 6.56. The zero-order chi connectivity index (χ0) is 15.5. The highest BCUT2D eigenvalue weighted by Gasteiger charge is 2.24. The number of nitrogens with zero attached hydrogens (tertiary/aromatic N) is 1. The summed E-state index contributed by atoms with van der Waals surface area (Å²) in [7, 11) is 1.80. The average Bonchev–Trinajstić information content (AvgIpc) is 2.33. The number of hydrogen-bond donors (Lipinski definition) is 2. The molecular formula is C15H23ClN2O2. The predicted octanol–water partition coefficient (Wildman–Crippen LogP) is 2.60. The van der Waals surface area contributed by atoms with E-state index in [1.807, 2.05) is 39.8 Å². The SMILES string of the molecule is Cc1cc(C)c(NC(=O)CN(C)C(C)(C)CO)c(Cl)c1. The Bertz CT molecular complexity index is 478. The molecule has 0 aliphatic heterocycles. The molecule has 4 nitrogen and oxygen atoms in total. The van der Waals surface area contributed by atoms with E-state index in [0.29, 0.717) is 10.7 Å². The van der Waals surface area contributed by atoms with Gasteiger partial charge in [0.15, 0.2) is 0 Å². The van der Waals surface area contributed by atoms with Crippen LogP contribution in [0.4, 0.5) is 5.69 Å². The minimum absolute atomic E-state index is 0.0128. The number of carbonyl (C=O) groups is 1. The molecule has 0 heterocycles. The molecule has 20 heavy (non-hydrogen) atoms. The molecule has 2 N–H and O–H groups in total. The maximum atomic E-state index is 12.1. The largest absolute Gasteiger partial charge is 0.394 e. The molecule has 0 saturated carbocycles. The molecular weight excluding hydrogens is 276 g/mol. The molecule has 0 aliphatic carbocycles. The Balaban J connectivity index is 2.78. The number of anilines is 1. The molecule has 0 aromatic heterocycles. The van der Waals surface area contributed by atoms with Crippen molar-refractivity contribution < 1.29 is 9.90 Å². The smallest absolute Gasteiger partial charge is 0.238 e. The van der Waals surface area contributed by atoms with Crippen molar-refractivity contribution >= 4 is 23.2 Å². The number of benzene rings is 1. The lowest BCUT2D eigenvalue weighted by molar-refractivity contribution is -0.118. The third-order valence-electron chi connectivity index (χ3n) is 3.50. The molecule has 0 bridgehead atoms. The lowest BCUT2D eigenvalue weighted by atomic mass is 10.1. The Morgan fingerprint density at radius 2 is 2.00 bits per heavy atom. The van der Waals surface area contributed by atoms with Crippen LogP contribution in [-0.2, 0) is 4.79 Å². The van der Waals surface area contributed by atoms with Gasteiger partial charge < -0.3 is 10.4 Å². The van der Waals surface area contributed by atoms with Crippen LogP contribution in [0.3, 0.4) is 0 Å². The summed E-state index contributed by atoms with van der Waals surface area (Å²) in [5, 5.41) is 12.7. The number of rotatable bonds is 5. The molecule has 0 saturated heterocycles. The van der Waals surface area contributed by atoms with E-state index in [2.05, 4.69) is 5.32 Å². The van der Waals surface area contributed by atoms with Gasteiger partial charge in [0.1, 0.15) is 0 Å². The Labute approximate surface area is 125 Å². The molecule has 112 valence electrons. The number of halogens is 1. The van der Waals surface area contributed by atoms with Gasteiger partial charge in [-0.1, -0.05) is 17.7 Å². The van der Waals surface area contributed by atoms with E-state index in [1.54, 1.807) is 11.9 Å². The van der Waals surface area contributed by atoms with Crippen molar-refractivity contribution in [2.45, 2.75) is 33.2 Å². The van der Waals surface area contributed by atoms with Gasteiger partial charge in [-0.05, 0) is 51.9 Å². The van der Waals surface area contributed by atoms with Gasteiger partial charge in [0, 0.05) is 5.54 Å². The summed E-state index contributed by atoms with van der Waals surface area (Å²) in [6.45, 7) is 7.81. The highest BCUT2D eigenvalue weighted by molar-refractivity contribution is 6.34. The molecule has 0 fully saturated rings. The average molecular weight is 299 g/mol. The lowest BCUT2D eigenvalue weighted by Crippen LogP contribution is -2.47. The summed E-state index contributed by atoms with van der Waals surface area (Å²) in [4.78, 5) is 13.9.